The van der Waals surface area contributed by atoms with Crippen molar-refractivity contribution in [2.45, 2.75) is 25.0 Å². The lowest BCUT2D eigenvalue weighted by Gasteiger charge is -2.36. The predicted octanol–water partition coefficient (Wildman–Crippen LogP) is 1.56. The number of amides is 1. The summed E-state index contributed by atoms with van der Waals surface area (Å²) in [6.45, 7) is -2.23. The second-order valence-electron chi connectivity index (χ2n) is 4.91. The van der Waals surface area contributed by atoms with Gasteiger partial charge in [0.2, 0.25) is 0 Å². The van der Waals surface area contributed by atoms with Crippen LogP contribution in [0, 0.1) is 0 Å². The molecule has 1 fully saturated rings. The first-order valence-corrected chi connectivity index (χ1v) is 6.61. The van der Waals surface area contributed by atoms with Crippen molar-refractivity contribution < 1.29 is 28.2 Å². The fourth-order valence-corrected chi connectivity index (χ4v) is 2.21. The number of aliphatic hydroxyl groups excluding tert-OH is 1. The normalized spacial score (nSPS) is 17.5. The molecule has 1 heterocycles. The van der Waals surface area contributed by atoms with Gasteiger partial charge in [0.15, 0.2) is 0 Å². The van der Waals surface area contributed by atoms with Crippen molar-refractivity contribution in [1.82, 2.24) is 5.32 Å². The van der Waals surface area contributed by atoms with Crippen LogP contribution in [0.4, 0.5) is 8.78 Å². The summed E-state index contributed by atoms with van der Waals surface area (Å²) in [7, 11) is 0. The third-order valence-corrected chi connectivity index (χ3v) is 3.45. The van der Waals surface area contributed by atoms with Crippen LogP contribution in [0.3, 0.4) is 0 Å². The highest BCUT2D eigenvalue weighted by Gasteiger charge is 2.33. The molecule has 2 N–H and O–H groups in total. The topological polar surface area (TPSA) is 67.8 Å². The number of benzene rings is 1. The van der Waals surface area contributed by atoms with Gasteiger partial charge in [-0.1, -0.05) is 6.07 Å². The van der Waals surface area contributed by atoms with Crippen LogP contribution in [0.5, 0.6) is 5.75 Å². The van der Waals surface area contributed by atoms with Gasteiger partial charge in [-0.2, -0.15) is 8.78 Å². The van der Waals surface area contributed by atoms with Gasteiger partial charge in [0.1, 0.15) is 5.75 Å². The van der Waals surface area contributed by atoms with Crippen molar-refractivity contribution in [3.05, 3.63) is 29.8 Å². The maximum Gasteiger partial charge on any atom is 0.387 e. The molecule has 0 aromatic heterocycles. The molecule has 1 aromatic carbocycles. The second-order valence-corrected chi connectivity index (χ2v) is 4.91. The van der Waals surface area contributed by atoms with E-state index in [0.717, 1.165) is 0 Å². The molecule has 1 aliphatic rings. The summed E-state index contributed by atoms with van der Waals surface area (Å²) < 4.78 is 33.8. The Morgan fingerprint density at radius 1 is 1.43 bits per heavy atom. The minimum Gasteiger partial charge on any atom is -0.435 e. The second kappa shape index (κ2) is 6.82. The molecule has 7 heteroatoms. The molecule has 0 bridgehead atoms. The molecule has 21 heavy (non-hydrogen) atoms. The van der Waals surface area contributed by atoms with Crippen molar-refractivity contribution in [2.75, 3.05) is 19.8 Å². The largest absolute Gasteiger partial charge is 0.435 e. The Morgan fingerprint density at radius 2 is 2.14 bits per heavy atom. The van der Waals surface area contributed by atoms with Gasteiger partial charge in [-0.05, 0) is 31.0 Å². The first kappa shape index (κ1) is 15.7. The Kier molecular flexibility index (Phi) is 5.08. The summed E-state index contributed by atoms with van der Waals surface area (Å²) in [5, 5.41) is 12.3. The third-order valence-electron chi connectivity index (χ3n) is 3.45. The van der Waals surface area contributed by atoms with Gasteiger partial charge in [0.25, 0.3) is 5.91 Å². The highest BCUT2D eigenvalue weighted by Crippen LogP contribution is 2.22. The van der Waals surface area contributed by atoms with E-state index in [-0.39, 0.29) is 17.9 Å². The fourth-order valence-electron chi connectivity index (χ4n) is 2.21. The summed E-state index contributed by atoms with van der Waals surface area (Å²) >= 11 is 0. The Bertz CT molecular complexity index is 490. The zero-order chi connectivity index (χ0) is 15.3. The summed E-state index contributed by atoms with van der Waals surface area (Å²) in [4.78, 5) is 12.2. The van der Waals surface area contributed by atoms with Gasteiger partial charge in [-0.3, -0.25) is 4.79 Å². The number of carbonyl (C=O) groups is 1. The van der Waals surface area contributed by atoms with Crippen LogP contribution in [0.15, 0.2) is 24.3 Å². The molecule has 1 saturated heterocycles. The molecule has 0 aliphatic carbocycles. The number of hydrogen-bond donors (Lipinski definition) is 2. The van der Waals surface area contributed by atoms with Crippen LogP contribution < -0.4 is 10.1 Å². The van der Waals surface area contributed by atoms with Gasteiger partial charge >= 0.3 is 6.61 Å². The van der Waals surface area contributed by atoms with Gasteiger partial charge in [0, 0.05) is 18.8 Å². The van der Waals surface area contributed by atoms with Crippen molar-refractivity contribution in [2.24, 2.45) is 0 Å². The summed E-state index contributed by atoms with van der Waals surface area (Å²) in [6.07, 6.45) is 1.00. The minimum atomic E-state index is -2.94. The fraction of sp³-hybridized carbons (Fsp3) is 0.500. The minimum absolute atomic E-state index is 0.0809. The zero-order valence-corrected chi connectivity index (χ0v) is 11.4. The van der Waals surface area contributed by atoms with Gasteiger partial charge < -0.3 is 19.9 Å². The van der Waals surface area contributed by atoms with Crippen LogP contribution in [0.1, 0.15) is 23.2 Å². The van der Waals surface area contributed by atoms with E-state index in [1.807, 2.05) is 0 Å². The summed E-state index contributed by atoms with van der Waals surface area (Å²) in [5.74, 6) is -0.520. The number of aliphatic hydroxyl groups is 1. The Hall–Kier alpha value is -1.73. The maximum absolute atomic E-state index is 12.2. The molecular formula is C14H17F2NO4. The van der Waals surface area contributed by atoms with E-state index >= 15 is 0 Å². The van der Waals surface area contributed by atoms with Crippen molar-refractivity contribution in [1.29, 1.82) is 0 Å². The molecule has 1 aliphatic heterocycles. The number of carbonyl (C=O) groups excluding carboxylic acids is 1. The molecule has 1 amide bonds. The summed E-state index contributed by atoms with van der Waals surface area (Å²) in [5.41, 5.74) is -0.526. The highest BCUT2D eigenvalue weighted by atomic mass is 19.3. The average Bonchev–Trinajstić information content (AvgIpc) is 2.48. The molecular weight excluding hydrogens is 284 g/mol. The Balaban J connectivity index is 2.08. The maximum atomic E-state index is 12.2. The standard InChI is InChI=1S/C14H17F2NO4/c15-13(16)21-11-3-1-2-10(8-11)12(19)17-14(9-18)4-6-20-7-5-14/h1-3,8,13,18H,4-7,9H2,(H,17,19). The van der Waals surface area contributed by atoms with E-state index < -0.39 is 18.1 Å². The molecule has 1 aromatic rings. The van der Waals surface area contributed by atoms with E-state index in [4.69, 9.17) is 4.74 Å². The molecule has 0 radical (unpaired) electrons. The first-order chi connectivity index (χ1) is 10.0. The van der Waals surface area contributed by atoms with Crippen LogP contribution in [-0.4, -0.2) is 43.0 Å². The van der Waals surface area contributed by atoms with E-state index in [1.165, 1.54) is 24.3 Å². The lowest BCUT2D eigenvalue weighted by Crippen LogP contribution is -2.54. The number of nitrogens with one attached hydrogen (secondary N) is 1. The van der Waals surface area contributed by atoms with Crippen molar-refractivity contribution >= 4 is 5.91 Å². The third kappa shape index (κ3) is 4.12. The van der Waals surface area contributed by atoms with Crippen LogP contribution in [0.25, 0.3) is 0 Å². The number of ether oxygens (including phenoxy) is 2. The van der Waals surface area contributed by atoms with E-state index in [0.29, 0.717) is 26.1 Å². The van der Waals surface area contributed by atoms with Crippen LogP contribution >= 0.6 is 0 Å². The number of rotatable bonds is 5. The SMILES string of the molecule is O=C(NC1(CO)CCOCC1)c1cccc(OC(F)F)c1. The van der Waals surface area contributed by atoms with E-state index in [2.05, 4.69) is 10.1 Å². The molecule has 0 saturated carbocycles. The molecule has 0 atom stereocenters. The predicted molar refractivity (Wildman–Crippen MR) is 70.4 cm³/mol. The monoisotopic (exact) mass is 301 g/mol. The Morgan fingerprint density at radius 3 is 2.76 bits per heavy atom. The zero-order valence-electron chi connectivity index (χ0n) is 11.4. The van der Waals surface area contributed by atoms with Gasteiger partial charge in [0.05, 0.1) is 12.1 Å². The average molecular weight is 301 g/mol. The molecule has 116 valence electrons. The van der Waals surface area contributed by atoms with Crippen LogP contribution in [0.2, 0.25) is 0 Å². The lowest BCUT2D eigenvalue weighted by atomic mass is 9.90. The first-order valence-electron chi connectivity index (χ1n) is 6.61. The van der Waals surface area contributed by atoms with Gasteiger partial charge in [-0.25, -0.2) is 0 Å². The van der Waals surface area contributed by atoms with E-state index in [1.54, 1.807) is 0 Å². The van der Waals surface area contributed by atoms with Crippen molar-refractivity contribution in [3.63, 3.8) is 0 Å². The molecule has 2 rings (SSSR count). The summed E-state index contributed by atoms with van der Waals surface area (Å²) in [6, 6.07) is 5.55. The molecule has 0 spiro atoms. The lowest BCUT2D eigenvalue weighted by molar-refractivity contribution is -0.0499. The van der Waals surface area contributed by atoms with E-state index in [9.17, 15) is 18.7 Å². The van der Waals surface area contributed by atoms with Gasteiger partial charge in [-0.15, -0.1) is 0 Å². The number of alkyl halides is 2. The Labute approximate surface area is 120 Å². The number of halogens is 2. The van der Waals surface area contributed by atoms with Crippen molar-refractivity contribution in [3.8, 4) is 5.75 Å². The molecule has 0 unspecified atom stereocenters. The number of hydrogen-bond acceptors (Lipinski definition) is 4. The quantitative estimate of drug-likeness (QED) is 0.866. The highest BCUT2D eigenvalue weighted by molar-refractivity contribution is 5.95. The smallest absolute Gasteiger partial charge is 0.387 e. The molecule has 5 nitrogen and oxygen atoms in total. The van der Waals surface area contributed by atoms with Crippen LogP contribution in [-0.2, 0) is 4.74 Å².